The molecule has 0 amide bonds. The van der Waals surface area contributed by atoms with Gasteiger partial charge in [-0.2, -0.15) is 5.10 Å². The van der Waals surface area contributed by atoms with Crippen LogP contribution in [0, 0.1) is 11.6 Å². The van der Waals surface area contributed by atoms with E-state index >= 15 is 0 Å². The van der Waals surface area contributed by atoms with E-state index in [0.717, 1.165) is 23.9 Å². The van der Waals surface area contributed by atoms with Crippen molar-refractivity contribution in [2.75, 3.05) is 0 Å². The van der Waals surface area contributed by atoms with Gasteiger partial charge in [-0.1, -0.05) is 6.07 Å². The molecule has 2 aromatic rings. The Morgan fingerprint density at radius 3 is 2.72 bits per heavy atom. The Balaban J connectivity index is 1.90. The van der Waals surface area contributed by atoms with Crippen molar-refractivity contribution in [3.8, 4) is 0 Å². The molecular weight excluding hydrogens is 236 g/mol. The largest absolute Gasteiger partial charge is 0.307 e. The topological polar surface area (TPSA) is 29.9 Å². The summed E-state index contributed by atoms with van der Waals surface area (Å²) in [5, 5.41) is 7.33. The summed E-state index contributed by atoms with van der Waals surface area (Å²) < 4.78 is 27.6. The van der Waals surface area contributed by atoms with Crippen molar-refractivity contribution < 1.29 is 8.78 Å². The highest BCUT2D eigenvalue weighted by Crippen LogP contribution is 2.08. The van der Waals surface area contributed by atoms with E-state index in [1.165, 1.54) is 6.07 Å². The Kier molecular flexibility index (Phi) is 4.04. The lowest BCUT2D eigenvalue weighted by Gasteiger charge is -2.07. The number of hydrogen-bond acceptors (Lipinski definition) is 2. The molecule has 0 aliphatic heterocycles. The molecule has 0 aliphatic rings. The van der Waals surface area contributed by atoms with E-state index in [1.807, 2.05) is 17.7 Å². The van der Waals surface area contributed by atoms with Crippen molar-refractivity contribution in [1.29, 1.82) is 0 Å². The molecule has 18 heavy (non-hydrogen) atoms. The summed E-state index contributed by atoms with van der Waals surface area (Å²) in [5.41, 5.74) is 1.79. The van der Waals surface area contributed by atoms with E-state index < -0.39 is 11.6 Å². The van der Waals surface area contributed by atoms with Gasteiger partial charge in [0.15, 0.2) is 11.6 Å². The molecule has 1 heterocycles. The van der Waals surface area contributed by atoms with Crippen molar-refractivity contribution >= 4 is 0 Å². The smallest absolute Gasteiger partial charge is 0.159 e. The number of halogens is 2. The zero-order valence-electron chi connectivity index (χ0n) is 10.2. The molecule has 0 aliphatic carbocycles. The van der Waals surface area contributed by atoms with Crippen LogP contribution in [0.4, 0.5) is 8.78 Å². The minimum Gasteiger partial charge on any atom is -0.307 e. The highest BCUT2D eigenvalue weighted by Gasteiger charge is 2.03. The van der Waals surface area contributed by atoms with Gasteiger partial charge in [0.1, 0.15) is 0 Å². The first kappa shape index (κ1) is 12.7. The summed E-state index contributed by atoms with van der Waals surface area (Å²) >= 11 is 0. The van der Waals surface area contributed by atoms with Gasteiger partial charge in [-0.05, 0) is 30.7 Å². The summed E-state index contributed by atoms with van der Waals surface area (Å²) in [6, 6.07) is 5.85. The van der Waals surface area contributed by atoms with Gasteiger partial charge < -0.3 is 5.32 Å². The zero-order valence-corrected chi connectivity index (χ0v) is 10.2. The lowest BCUT2D eigenvalue weighted by atomic mass is 10.2. The minimum atomic E-state index is -0.817. The van der Waals surface area contributed by atoms with Crippen LogP contribution in [0.25, 0.3) is 0 Å². The van der Waals surface area contributed by atoms with Crippen molar-refractivity contribution in [2.24, 2.45) is 0 Å². The fourth-order valence-electron chi connectivity index (χ4n) is 1.78. The molecular formula is C13H15F2N3. The van der Waals surface area contributed by atoms with Gasteiger partial charge >= 0.3 is 0 Å². The molecule has 1 aromatic heterocycles. The van der Waals surface area contributed by atoms with Crippen LogP contribution in [-0.2, 0) is 19.6 Å². The highest BCUT2D eigenvalue weighted by molar-refractivity contribution is 5.17. The average molecular weight is 251 g/mol. The monoisotopic (exact) mass is 251 g/mol. The standard InChI is InChI=1S/C13H15F2N3/c1-2-18-11(5-6-17-18)9-16-8-10-3-4-12(14)13(15)7-10/h3-7,16H,2,8-9H2,1H3. The van der Waals surface area contributed by atoms with Crippen LogP contribution < -0.4 is 5.32 Å². The number of benzene rings is 1. The number of nitrogens with one attached hydrogen (secondary N) is 1. The molecule has 96 valence electrons. The maximum absolute atomic E-state index is 13.0. The van der Waals surface area contributed by atoms with Crippen LogP contribution in [-0.4, -0.2) is 9.78 Å². The minimum absolute atomic E-state index is 0.492. The van der Waals surface area contributed by atoms with E-state index in [1.54, 1.807) is 12.3 Å². The zero-order chi connectivity index (χ0) is 13.0. The fourth-order valence-corrected chi connectivity index (χ4v) is 1.78. The van der Waals surface area contributed by atoms with Crippen LogP contribution >= 0.6 is 0 Å². The lowest BCUT2D eigenvalue weighted by Crippen LogP contribution is -2.16. The van der Waals surface area contributed by atoms with Gasteiger partial charge in [-0.3, -0.25) is 4.68 Å². The van der Waals surface area contributed by atoms with Gasteiger partial charge in [0.05, 0.1) is 5.69 Å². The second-order valence-electron chi connectivity index (χ2n) is 3.99. The third kappa shape index (κ3) is 2.92. The quantitative estimate of drug-likeness (QED) is 0.884. The second-order valence-corrected chi connectivity index (χ2v) is 3.99. The van der Waals surface area contributed by atoms with Gasteiger partial charge in [0.2, 0.25) is 0 Å². The van der Waals surface area contributed by atoms with Crippen molar-refractivity contribution in [1.82, 2.24) is 15.1 Å². The third-order valence-electron chi connectivity index (χ3n) is 2.72. The predicted octanol–water partition coefficient (Wildman–Crippen LogP) is 2.47. The first-order chi connectivity index (χ1) is 8.70. The molecule has 0 saturated carbocycles. The van der Waals surface area contributed by atoms with Crippen LogP contribution in [0.1, 0.15) is 18.2 Å². The van der Waals surface area contributed by atoms with E-state index in [2.05, 4.69) is 10.4 Å². The van der Waals surface area contributed by atoms with Gasteiger partial charge in [-0.25, -0.2) is 8.78 Å². The van der Waals surface area contributed by atoms with E-state index in [9.17, 15) is 8.78 Å². The summed E-state index contributed by atoms with van der Waals surface area (Å²) in [6.45, 7) is 3.97. The van der Waals surface area contributed by atoms with Crippen molar-refractivity contribution in [3.63, 3.8) is 0 Å². The van der Waals surface area contributed by atoms with E-state index in [4.69, 9.17) is 0 Å². The number of aryl methyl sites for hydroxylation is 1. The summed E-state index contributed by atoms with van der Waals surface area (Å²) in [6.07, 6.45) is 1.75. The van der Waals surface area contributed by atoms with Gasteiger partial charge in [0.25, 0.3) is 0 Å². The van der Waals surface area contributed by atoms with E-state index in [-0.39, 0.29) is 0 Å². The Morgan fingerprint density at radius 2 is 2.00 bits per heavy atom. The van der Waals surface area contributed by atoms with Crippen LogP contribution in [0.2, 0.25) is 0 Å². The highest BCUT2D eigenvalue weighted by atomic mass is 19.2. The summed E-state index contributed by atoms with van der Waals surface area (Å²) in [5.74, 6) is -1.63. The molecule has 0 atom stereocenters. The maximum Gasteiger partial charge on any atom is 0.159 e. The Morgan fingerprint density at radius 1 is 1.17 bits per heavy atom. The maximum atomic E-state index is 13.0. The molecule has 0 unspecified atom stereocenters. The first-order valence-corrected chi connectivity index (χ1v) is 5.86. The van der Waals surface area contributed by atoms with Crippen LogP contribution in [0.15, 0.2) is 30.5 Å². The van der Waals surface area contributed by atoms with Gasteiger partial charge in [-0.15, -0.1) is 0 Å². The first-order valence-electron chi connectivity index (χ1n) is 5.86. The normalized spacial score (nSPS) is 10.8. The van der Waals surface area contributed by atoms with E-state index in [0.29, 0.717) is 13.1 Å². The average Bonchev–Trinajstić information content (AvgIpc) is 2.81. The number of aromatic nitrogens is 2. The third-order valence-corrected chi connectivity index (χ3v) is 2.72. The second kappa shape index (κ2) is 5.73. The number of hydrogen-bond donors (Lipinski definition) is 1. The van der Waals surface area contributed by atoms with Crippen molar-refractivity contribution in [3.05, 3.63) is 53.4 Å². The molecule has 5 heteroatoms. The SMILES string of the molecule is CCn1nccc1CNCc1ccc(F)c(F)c1. The number of rotatable bonds is 5. The molecule has 1 aromatic carbocycles. The molecule has 2 rings (SSSR count). The molecule has 0 fully saturated rings. The molecule has 0 spiro atoms. The summed E-state index contributed by atoms with van der Waals surface area (Å²) in [7, 11) is 0. The summed E-state index contributed by atoms with van der Waals surface area (Å²) in [4.78, 5) is 0. The molecule has 3 nitrogen and oxygen atoms in total. The molecule has 1 N–H and O–H groups in total. The fraction of sp³-hybridized carbons (Fsp3) is 0.308. The van der Waals surface area contributed by atoms with Crippen LogP contribution in [0.3, 0.4) is 0 Å². The Bertz CT molecular complexity index is 523. The Hall–Kier alpha value is -1.75. The van der Waals surface area contributed by atoms with Crippen LogP contribution in [0.5, 0.6) is 0 Å². The Labute approximate surface area is 104 Å². The molecule has 0 radical (unpaired) electrons. The molecule has 0 saturated heterocycles. The van der Waals surface area contributed by atoms with Crippen molar-refractivity contribution in [2.45, 2.75) is 26.6 Å². The predicted molar refractivity (Wildman–Crippen MR) is 64.8 cm³/mol. The van der Waals surface area contributed by atoms with Gasteiger partial charge in [0, 0.05) is 25.8 Å². The molecule has 0 bridgehead atoms. The number of nitrogens with zero attached hydrogens (tertiary/aromatic N) is 2. The lowest BCUT2D eigenvalue weighted by molar-refractivity contribution is 0.505.